The summed E-state index contributed by atoms with van der Waals surface area (Å²) >= 11 is 0. The number of nitrogens with one attached hydrogen (secondary N) is 1. The van der Waals surface area contributed by atoms with Crippen LogP contribution in [-0.4, -0.2) is 169 Å². The summed E-state index contributed by atoms with van der Waals surface area (Å²) in [4.78, 5) is 21.6. The molecule has 0 heterocycles. The largest absolute Gasteiger partial charge is 0.480 e. The molecule has 15 nitrogen and oxygen atoms in total. The maximum absolute atomic E-state index is 11.3. The minimum Gasteiger partial charge on any atom is -0.480 e. The Hall–Kier alpha value is -1.50. The van der Waals surface area contributed by atoms with Crippen molar-refractivity contribution in [2.24, 2.45) is 0 Å². The van der Waals surface area contributed by atoms with Crippen LogP contribution in [0.1, 0.15) is 19.8 Å². The second kappa shape index (κ2) is 36.7. The number of ether oxygens (including phenoxy) is 11. The van der Waals surface area contributed by atoms with Crippen molar-refractivity contribution in [1.29, 1.82) is 0 Å². The molecular weight excluding hydrogens is 574 g/mol. The molecule has 0 unspecified atom stereocenters. The lowest BCUT2D eigenvalue weighted by Crippen LogP contribution is -2.31. The summed E-state index contributed by atoms with van der Waals surface area (Å²) in [5.41, 5.74) is 0. The Kier molecular flexibility index (Phi) is 35.4. The summed E-state index contributed by atoms with van der Waals surface area (Å²) < 4.78 is 58.9. The number of carbonyl (C=O) groups excluding carboxylic acids is 1. The quantitative estimate of drug-likeness (QED) is 0.0892. The van der Waals surface area contributed by atoms with E-state index in [0.717, 1.165) is 19.4 Å². The van der Waals surface area contributed by atoms with Crippen LogP contribution in [0.4, 0.5) is 0 Å². The number of rotatable bonds is 37. The monoisotopic (exact) mass is 629 g/mol. The number of carbonyl (C=O) groups is 2. The Morgan fingerprint density at radius 1 is 0.442 bits per heavy atom. The highest BCUT2D eigenvalue weighted by molar-refractivity contribution is 5.77. The third-order valence-corrected chi connectivity index (χ3v) is 5.02. The summed E-state index contributed by atoms with van der Waals surface area (Å²) in [7, 11) is 0. The third-order valence-electron chi connectivity index (χ3n) is 5.02. The van der Waals surface area contributed by atoms with Gasteiger partial charge in [-0.25, -0.2) is 4.79 Å². The molecule has 0 atom stereocenters. The average Bonchev–Trinajstić information content (AvgIpc) is 2.99. The molecule has 0 saturated heterocycles. The van der Waals surface area contributed by atoms with Gasteiger partial charge in [-0.15, -0.1) is 0 Å². The maximum atomic E-state index is 11.3. The first-order valence-electron chi connectivity index (χ1n) is 15.0. The molecule has 2 N–H and O–H groups in total. The number of unbranched alkanes of at least 4 members (excludes halogenated alkanes) is 1. The van der Waals surface area contributed by atoms with E-state index in [2.05, 4.69) is 17.0 Å². The molecule has 0 aliphatic rings. The molecule has 0 aromatic heterocycles. The van der Waals surface area contributed by atoms with Crippen molar-refractivity contribution < 1.29 is 66.8 Å². The number of amides is 1. The fourth-order valence-corrected chi connectivity index (χ4v) is 2.87. The SMILES string of the molecule is CCCCOCCOCCOCCOCCOCCOCCOCCOCCOCCOCCNC(=O)COCC(=O)O. The van der Waals surface area contributed by atoms with Crippen molar-refractivity contribution in [3.8, 4) is 0 Å². The van der Waals surface area contributed by atoms with Crippen molar-refractivity contribution in [2.75, 3.05) is 152 Å². The van der Waals surface area contributed by atoms with E-state index in [1.54, 1.807) is 0 Å². The highest BCUT2D eigenvalue weighted by Crippen LogP contribution is 1.89. The first-order valence-corrected chi connectivity index (χ1v) is 15.0. The van der Waals surface area contributed by atoms with Crippen molar-refractivity contribution in [2.45, 2.75) is 19.8 Å². The molecule has 15 heteroatoms. The van der Waals surface area contributed by atoms with Gasteiger partial charge >= 0.3 is 5.97 Å². The zero-order chi connectivity index (χ0) is 31.3. The number of aliphatic carboxylic acids is 1. The lowest BCUT2D eigenvalue weighted by atomic mass is 10.4. The van der Waals surface area contributed by atoms with E-state index in [9.17, 15) is 9.59 Å². The molecule has 0 bridgehead atoms. The fourth-order valence-electron chi connectivity index (χ4n) is 2.87. The number of carboxylic acid groups (broad SMARTS) is 1. The predicted molar refractivity (Wildman–Crippen MR) is 155 cm³/mol. The van der Waals surface area contributed by atoms with E-state index in [0.29, 0.717) is 132 Å². The fraction of sp³-hybridized carbons (Fsp3) is 0.929. The molecule has 0 spiro atoms. The molecule has 0 aliphatic heterocycles. The summed E-state index contributed by atoms with van der Waals surface area (Å²) in [5, 5.41) is 11.0. The highest BCUT2D eigenvalue weighted by atomic mass is 16.6. The molecule has 0 aliphatic carbocycles. The second-order valence-corrected chi connectivity index (χ2v) is 8.71. The lowest BCUT2D eigenvalue weighted by molar-refractivity contribution is -0.143. The summed E-state index contributed by atoms with van der Waals surface area (Å²) in [5.74, 6) is -1.52. The Bertz CT molecular complexity index is 588. The van der Waals surface area contributed by atoms with Crippen molar-refractivity contribution >= 4 is 11.9 Å². The first-order chi connectivity index (χ1) is 21.2. The molecule has 0 aromatic carbocycles. The van der Waals surface area contributed by atoms with Crippen LogP contribution in [-0.2, 0) is 61.7 Å². The van der Waals surface area contributed by atoms with Gasteiger partial charge < -0.3 is 62.5 Å². The first kappa shape index (κ1) is 41.5. The summed E-state index contributed by atoms with van der Waals surface area (Å²) in [6.07, 6.45) is 2.23. The van der Waals surface area contributed by atoms with Crippen LogP contribution in [0, 0.1) is 0 Å². The van der Waals surface area contributed by atoms with Crippen LogP contribution < -0.4 is 5.32 Å². The van der Waals surface area contributed by atoms with Gasteiger partial charge in [0.25, 0.3) is 0 Å². The van der Waals surface area contributed by atoms with Crippen molar-refractivity contribution in [1.82, 2.24) is 5.32 Å². The number of hydrogen-bond donors (Lipinski definition) is 2. The number of carboxylic acids is 1. The minimum atomic E-state index is -1.12. The molecule has 0 aromatic rings. The third kappa shape index (κ3) is 38.5. The van der Waals surface area contributed by atoms with Crippen LogP contribution in [0.25, 0.3) is 0 Å². The van der Waals surface area contributed by atoms with Gasteiger partial charge in [0.15, 0.2) is 0 Å². The molecule has 256 valence electrons. The Balaban J connectivity index is 3.08. The maximum Gasteiger partial charge on any atom is 0.329 e. The topological polar surface area (TPSA) is 168 Å². The molecule has 0 fully saturated rings. The van der Waals surface area contributed by atoms with Gasteiger partial charge in [0.05, 0.1) is 126 Å². The van der Waals surface area contributed by atoms with Gasteiger partial charge in [0.1, 0.15) is 13.2 Å². The molecule has 0 saturated carbocycles. The van der Waals surface area contributed by atoms with Crippen LogP contribution in [0.5, 0.6) is 0 Å². The van der Waals surface area contributed by atoms with Crippen LogP contribution in [0.15, 0.2) is 0 Å². The summed E-state index contributed by atoms with van der Waals surface area (Å²) in [6, 6.07) is 0. The Morgan fingerprint density at radius 3 is 1.05 bits per heavy atom. The standard InChI is InChI=1S/C28H55NO14/c1-2-3-5-33-7-9-35-11-13-37-15-17-39-19-21-41-23-24-42-22-20-40-18-16-38-14-12-36-10-8-34-6-4-29-27(30)25-43-26-28(31)32/h2-26H2,1H3,(H,29,30)(H,31,32). The predicted octanol–water partition coefficient (Wildman–Crippen LogP) is 0.170. The van der Waals surface area contributed by atoms with Crippen LogP contribution >= 0.6 is 0 Å². The van der Waals surface area contributed by atoms with Crippen molar-refractivity contribution in [3.05, 3.63) is 0 Å². The Labute approximate surface area is 256 Å². The van der Waals surface area contributed by atoms with E-state index in [-0.39, 0.29) is 6.61 Å². The van der Waals surface area contributed by atoms with E-state index in [1.807, 2.05) is 0 Å². The van der Waals surface area contributed by atoms with Crippen LogP contribution in [0.2, 0.25) is 0 Å². The second-order valence-electron chi connectivity index (χ2n) is 8.71. The van der Waals surface area contributed by atoms with Gasteiger partial charge in [0.2, 0.25) is 5.91 Å². The molecule has 0 rings (SSSR count). The van der Waals surface area contributed by atoms with Crippen LogP contribution in [0.3, 0.4) is 0 Å². The smallest absolute Gasteiger partial charge is 0.329 e. The van der Waals surface area contributed by atoms with Gasteiger partial charge in [-0.1, -0.05) is 13.3 Å². The number of hydrogen-bond acceptors (Lipinski definition) is 13. The van der Waals surface area contributed by atoms with Crippen molar-refractivity contribution in [3.63, 3.8) is 0 Å². The average molecular weight is 630 g/mol. The highest BCUT2D eigenvalue weighted by Gasteiger charge is 2.03. The van der Waals surface area contributed by atoms with Gasteiger partial charge in [-0.05, 0) is 6.42 Å². The van der Waals surface area contributed by atoms with E-state index >= 15 is 0 Å². The van der Waals surface area contributed by atoms with E-state index in [1.165, 1.54) is 0 Å². The minimum absolute atomic E-state index is 0.299. The molecule has 1 amide bonds. The summed E-state index contributed by atoms with van der Waals surface area (Å²) in [6.45, 7) is 11.7. The van der Waals surface area contributed by atoms with E-state index in [4.69, 9.17) is 52.5 Å². The lowest BCUT2D eigenvalue weighted by Gasteiger charge is -2.09. The Morgan fingerprint density at radius 2 is 0.744 bits per heavy atom. The van der Waals surface area contributed by atoms with E-state index < -0.39 is 18.5 Å². The zero-order valence-electron chi connectivity index (χ0n) is 25.9. The normalized spacial score (nSPS) is 11.3. The molecule has 0 radical (unpaired) electrons. The molecular formula is C28H55NO14. The van der Waals surface area contributed by atoms with Gasteiger partial charge in [-0.2, -0.15) is 0 Å². The van der Waals surface area contributed by atoms with Gasteiger partial charge in [0, 0.05) is 13.2 Å². The van der Waals surface area contributed by atoms with Gasteiger partial charge in [-0.3, -0.25) is 4.79 Å². The zero-order valence-corrected chi connectivity index (χ0v) is 25.9. The molecule has 43 heavy (non-hydrogen) atoms.